The van der Waals surface area contributed by atoms with Crippen LogP contribution in [0.5, 0.6) is 0 Å². The quantitative estimate of drug-likeness (QED) is 0.583. The van der Waals surface area contributed by atoms with Crippen molar-refractivity contribution in [3.63, 3.8) is 0 Å². The van der Waals surface area contributed by atoms with Crippen LogP contribution in [-0.2, 0) is 6.54 Å². The van der Waals surface area contributed by atoms with Gasteiger partial charge in [0.05, 0.1) is 15.1 Å². The van der Waals surface area contributed by atoms with Gasteiger partial charge in [0.2, 0.25) is 5.82 Å². The highest BCUT2D eigenvalue weighted by molar-refractivity contribution is 7.18. The third-order valence-corrected chi connectivity index (χ3v) is 4.70. The van der Waals surface area contributed by atoms with Crippen LogP contribution in [-0.4, -0.2) is 25.2 Å². The van der Waals surface area contributed by atoms with Gasteiger partial charge in [-0.05, 0) is 28.8 Å². The molecule has 0 fully saturated rings. The Bertz CT molecular complexity index is 814. The topological polar surface area (TPSA) is 56.5 Å². The van der Waals surface area contributed by atoms with Crippen molar-refractivity contribution in [3.05, 3.63) is 46.8 Å². The number of rotatable bonds is 3. The van der Waals surface area contributed by atoms with Gasteiger partial charge >= 0.3 is 0 Å². The number of benzene rings is 1. The molecule has 0 spiro atoms. The number of hydrogen-bond acceptors (Lipinski definition) is 6. The Morgan fingerprint density at radius 3 is 2.90 bits per heavy atom. The monoisotopic (exact) mass is 299 g/mol. The van der Waals surface area contributed by atoms with Gasteiger partial charge in [-0.2, -0.15) is 4.80 Å². The van der Waals surface area contributed by atoms with E-state index >= 15 is 0 Å². The minimum absolute atomic E-state index is 0.553. The molecule has 20 heavy (non-hydrogen) atoms. The molecule has 3 aromatic heterocycles. The molecule has 0 radical (unpaired) electrons. The van der Waals surface area contributed by atoms with E-state index in [4.69, 9.17) is 0 Å². The van der Waals surface area contributed by atoms with Crippen LogP contribution in [0.2, 0.25) is 0 Å². The molecule has 98 valence electrons. The predicted molar refractivity (Wildman–Crippen MR) is 79.9 cm³/mol. The van der Waals surface area contributed by atoms with Crippen molar-refractivity contribution in [3.8, 4) is 10.7 Å². The van der Waals surface area contributed by atoms with E-state index in [0.29, 0.717) is 12.4 Å². The number of hydrogen-bond donors (Lipinski definition) is 0. The first kappa shape index (κ1) is 11.7. The molecule has 0 atom stereocenters. The maximum absolute atomic E-state index is 4.57. The average molecular weight is 299 g/mol. The number of aromatic nitrogens is 5. The van der Waals surface area contributed by atoms with Crippen molar-refractivity contribution < 1.29 is 0 Å². The zero-order valence-corrected chi connectivity index (χ0v) is 11.9. The molecule has 0 aliphatic rings. The molecule has 0 N–H and O–H groups in total. The molecule has 1 aromatic carbocycles. The van der Waals surface area contributed by atoms with Crippen LogP contribution >= 0.6 is 22.7 Å². The molecular weight excluding hydrogens is 290 g/mol. The minimum Gasteiger partial charge on any atom is -0.239 e. The largest absolute Gasteiger partial charge is 0.239 e. The van der Waals surface area contributed by atoms with Crippen molar-refractivity contribution >= 4 is 32.9 Å². The van der Waals surface area contributed by atoms with E-state index in [-0.39, 0.29) is 0 Å². The highest BCUT2D eigenvalue weighted by Crippen LogP contribution is 2.23. The first-order valence-corrected chi connectivity index (χ1v) is 7.74. The Hall–Kier alpha value is -2.12. The van der Waals surface area contributed by atoms with Crippen LogP contribution in [0.15, 0.2) is 41.8 Å². The second-order valence-electron chi connectivity index (χ2n) is 4.20. The van der Waals surface area contributed by atoms with Gasteiger partial charge in [-0.3, -0.25) is 0 Å². The standard InChI is InChI=1S/C13H9N5S2/c1-2-5-10-9(4-1)14-12(20-10)8-18-16-13(15-17-18)11-6-3-7-19-11/h1-7H,8H2. The molecule has 0 aliphatic heterocycles. The van der Waals surface area contributed by atoms with Gasteiger partial charge in [0.1, 0.15) is 11.6 Å². The fourth-order valence-electron chi connectivity index (χ4n) is 1.92. The summed E-state index contributed by atoms with van der Waals surface area (Å²) in [5, 5.41) is 15.5. The van der Waals surface area contributed by atoms with Gasteiger partial charge in [-0.1, -0.05) is 18.2 Å². The van der Waals surface area contributed by atoms with Gasteiger partial charge in [-0.15, -0.1) is 32.9 Å². The van der Waals surface area contributed by atoms with Crippen LogP contribution in [0.4, 0.5) is 0 Å². The van der Waals surface area contributed by atoms with Gasteiger partial charge in [0.15, 0.2) is 0 Å². The zero-order chi connectivity index (χ0) is 13.4. The maximum Gasteiger partial charge on any atom is 0.214 e. The van der Waals surface area contributed by atoms with Crippen molar-refractivity contribution in [2.45, 2.75) is 6.54 Å². The van der Waals surface area contributed by atoms with Crippen LogP contribution in [0.1, 0.15) is 5.01 Å². The molecule has 0 saturated heterocycles. The molecule has 7 heteroatoms. The molecule has 4 rings (SSSR count). The van der Waals surface area contributed by atoms with Crippen molar-refractivity contribution in [1.29, 1.82) is 0 Å². The number of thiophene rings is 1. The predicted octanol–water partition coefficient (Wildman–Crippen LogP) is 3.06. The zero-order valence-electron chi connectivity index (χ0n) is 10.3. The van der Waals surface area contributed by atoms with Crippen LogP contribution < -0.4 is 0 Å². The van der Waals surface area contributed by atoms with Crippen molar-refractivity contribution in [2.24, 2.45) is 0 Å². The maximum atomic E-state index is 4.57. The van der Waals surface area contributed by atoms with E-state index in [9.17, 15) is 0 Å². The van der Waals surface area contributed by atoms with Crippen molar-refractivity contribution in [1.82, 2.24) is 25.2 Å². The summed E-state index contributed by atoms with van der Waals surface area (Å²) >= 11 is 3.27. The third-order valence-electron chi connectivity index (χ3n) is 2.81. The fourth-order valence-corrected chi connectivity index (χ4v) is 3.51. The van der Waals surface area contributed by atoms with Crippen LogP contribution in [0.25, 0.3) is 20.9 Å². The lowest BCUT2D eigenvalue weighted by molar-refractivity contribution is 0.571. The summed E-state index contributed by atoms with van der Waals surface area (Å²) in [6.07, 6.45) is 0. The van der Waals surface area contributed by atoms with E-state index in [1.807, 2.05) is 35.7 Å². The van der Waals surface area contributed by atoms with E-state index in [1.165, 1.54) is 4.70 Å². The number of nitrogens with zero attached hydrogens (tertiary/aromatic N) is 5. The summed E-state index contributed by atoms with van der Waals surface area (Å²) in [4.78, 5) is 7.19. The Kier molecular flexibility index (Phi) is 2.79. The molecular formula is C13H9N5S2. The average Bonchev–Trinajstić information content (AvgIpc) is 3.18. The summed E-state index contributed by atoms with van der Waals surface area (Å²) < 4.78 is 1.18. The summed E-state index contributed by atoms with van der Waals surface area (Å²) in [6, 6.07) is 12.1. The Labute approximate surface area is 122 Å². The molecule has 0 amide bonds. The highest BCUT2D eigenvalue weighted by atomic mass is 32.1. The molecule has 4 aromatic rings. The Morgan fingerprint density at radius 1 is 1.10 bits per heavy atom. The lowest BCUT2D eigenvalue weighted by Crippen LogP contribution is -2.03. The Balaban J connectivity index is 1.62. The van der Waals surface area contributed by atoms with E-state index < -0.39 is 0 Å². The lowest BCUT2D eigenvalue weighted by Gasteiger charge is -1.92. The number of tetrazole rings is 1. The van der Waals surface area contributed by atoms with Crippen LogP contribution in [0.3, 0.4) is 0 Å². The molecule has 3 heterocycles. The van der Waals surface area contributed by atoms with Gasteiger partial charge < -0.3 is 0 Å². The second kappa shape index (κ2) is 4.77. The SMILES string of the molecule is c1csc(-c2nnn(Cc3nc4ccccc4s3)n2)c1. The number of thiazole rings is 1. The van der Waals surface area contributed by atoms with Gasteiger partial charge in [0, 0.05) is 0 Å². The molecule has 0 unspecified atom stereocenters. The summed E-state index contributed by atoms with van der Waals surface area (Å²) in [5.74, 6) is 0.668. The number of para-hydroxylation sites is 1. The Morgan fingerprint density at radius 2 is 2.05 bits per heavy atom. The smallest absolute Gasteiger partial charge is 0.214 e. The van der Waals surface area contributed by atoms with Crippen LogP contribution in [0, 0.1) is 0 Å². The fraction of sp³-hybridized carbons (Fsp3) is 0.0769. The first-order valence-electron chi connectivity index (χ1n) is 6.04. The lowest BCUT2D eigenvalue weighted by atomic mass is 10.3. The van der Waals surface area contributed by atoms with Gasteiger partial charge in [-0.25, -0.2) is 4.98 Å². The number of fused-ring (bicyclic) bond motifs is 1. The normalized spacial score (nSPS) is 11.2. The minimum atomic E-state index is 0.553. The van der Waals surface area contributed by atoms with Gasteiger partial charge in [0.25, 0.3) is 0 Å². The molecule has 0 saturated carbocycles. The first-order chi connectivity index (χ1) is 9.88. The van der Waals surface area contributed by atoms with Crippen molar-refractivity contribution in [2.75, 3.05) is 0 Å². The third kappa shape index (κ3) is 2.10. The molecule has 5 nitrogen and oxygen atoms in total. The molecule has 0 aliphatic carbocycles. The van der Waals surface area contributed by atoms with E-state index in [0.717, 1.165) is 15.4 Å². The van der Waals surface area contributed by atoms with E-state index in [2.05, 4.69) is 26.5 Å². The summed E-state index contributed by atoms with van der Waals surface area (Å²) in [7, 11) is 0. The molecule has 0 bridgehead atoms. The summed E-state index contributed by atoms with van der Waals surface area (Å²) in [5.41, 5.74) is 1.02. The van der Waals surface area contributed by atoms with E-state index in [1.54, 1.807) is 27.5 Å². The second-order valence-corrected chi connectivity index (χ2v) is 6.26. The summed E-state index contributed by atoms with van der Waals surface area (Å²) in [6.45, 7) is 0.553. The highest BCUT2D eigenvalue weighted by Gasteiger charge is 2.09.